The molecule has 28 heavy (non-hydrogen) atoms. The molecule has 0 spiro atoms. The third-order valence-electron chi connectivity index (χ3n) is 4.45. The molecule has 0 amide bonds. The Morgan fingerprint density at radius 1 is 1.07 bits per heavy atom. The summed E-state index contributed by atoms with van der Waals surface area (Å²) in [5.74, 6) is -1.06. The number of benzene rings is 1. The van der Waals surface area contributed by atoms with Gasteiger partial charge >= 0.3 is 12.1 Å². The van der Waals surface area contributed by atoms with Gasteiger partial charge in [0.15, 0.2) is 6.10 Å². The van der Waals surface area contributed by atoms with Gasteiger partial charge in [-0.1, -0.05) is 66.8 Å². The van der Waals surface area contributed by atoms with Crippen LogP contribution in [0.5, 0.6) is 0 Å². The fraction of sp³-hybridized carbons (Fsp3) is 0.500. The fourth-order valence-electron chi connectivity index (χ4n) is 2.59. The predicted octanol–water partition coefficient (Wildman–Crippen LogP) is 4.01. The first kappa shape index (κ1) is 24.4. The van der Waals surface area contributed by atoms with Crippen LogP contribution in [-0.4, -0.2) is 40.3 Å². The summed E-state index contributed by atoms with van der Waals surface area (Å²) in [6.07, 6.45) is -1.70. The highest BCUT2D eigenvalue weighted by atomic mass is 35.6. The summed E-state index contributed by atoms with van der Waals surface area (Å²) in [7, 11) is 0. The van der Waals surface area contributed by atoms with Crippen LogP contribution in [-0.2, 0) is 23.8 Å². The lowest BCUT2D eigenvalue weighted by atomic mass is 9.84. The molecular weight excluding hydrogens is 433 g/mol. The van der Waals surface area contributed by atoms with E-state index >= 15 is 0 Å². The summed E-state index contributed by atoms with van der Waals surface area (Å²) >= 11 is 17.0. The number of rotatable bonds is 3. The Bertz CT molecular complexity index is 703. The van der Waals surface area contributed by atoms with Crippen molar-refractivity contribution in [2.45, 2.75) is 43.1 Å². The molecule has 5 atom stereocenters. The number of nitrogens with one attached hydrogen (secondary N) is 1. The van der Waals surface area contributed by atoms with Crippen molar-refractivity contribution >= 4 is 52.8 Å². The number of carbonyl (C=O) groups is 1. The van der Waals surface area contributed by atoms with E-state index in [0.29, 0.717) is 5.56 Å². The van der Waals surface area contributed by atoms with Gasteiger partial charge in [-0.25, -0.2) is 4.79 Å². The average molecular weight is 453 g/mol. The second kappa shape index (κ2) is 10.8. The van der Waals surface area contributed by atoms with Crippen molar-refractivity contribution in [3.63, 3.8) is 0 Å². The molecular formula is C18H20Cl3NO6. The highest BCUT2D eigenvalue weighted by Crippen LogP contribution is 2.36. The molecule has 154 valence electrons. The van der Waals surface area contributed by atoms with Gasteiger partial charge in [-0.3, -0.25) is 5.41 Å². The maximum Gasteiger partial charge on any atom is 0.373 e. The Hall–Kier alpha value is -1.63. The van der Waals surface area contributed by atoms with Crippen molar-refractivity contribution in [3.05, 3.63) is 35.9 Å². The van der Waals surface area contributed by atoms with E-state index in [4.69, 9.17) is 64.0 Å². The molecule has 0 aromatic heterocycles. The van der Waals surface area contributed by atoms with Crippen LogP contribution in [0.25, 0.3) is 0 Å². The average Bonchev–Trinajstić information content (AvgIpc) is 2.63. The Morgan fingerprint density at radius 2 is 1.61 bits per heavy atom. The lowest BCUT2D eigenvalue weighted by Crippen LogP contribution is -2.52. The normalized spacial score (nSPS) is 26.9. The molecule has 1 aliphatic heterocycles. The van der Waals surface area contributed by atoms with E-state index in [1.165, 1.54) is 0 Å². The molecule has 2 rings (SSSR count). The largest absolute Gasteiger partial charge is 0.452 e. The number of alkyl halides is 3. The van der Waals surface area contributed by atoms with E-state index < -0.39 is 28.1 Å². The van der Waals surface area contributed by atoms with Crippen LogP contribution < -0.4 is 0 Å². The molecule has 10 heteroatoms. The number of halogens is 3. The Morgan fingerprint density at radius 3 is 2.11 bits per heavy atom. The second-order valence-corrected chi connectivity index (χ2v) is 8.47. The quantitative estimate of drug-likeness (QED) is 0.322. The summed E-state index contributed by atoms with van der Waals surface area (Å²) < 4.78 is 14.7. The zero-order valence-electron chi connectivity index (χ0n) is 15.4. The summed E-state index contributed by atoms with van der Waals surface area (Å²) in [5, 5.41) is 7.76. The summed E-state index contributed by atoms with van der Waals surface area (Å²) in [5.41, 5.74) is 0.413. The first-order chi connectivity index (χ1) is 13.0. The Balaban J connectivity index is 0.00000122. The summed E-state index contributed by atoms with van der Waals surface area (Å²) in [4.78, 5) is 28.7. The topological polar surface area (TPSA) is 103 Å². The third-order valence-corrected chi connectivity index (χ3v) is 4.96. The molecule has 1 N–H and O–H groups in total. The minimum Gasteiger partial charge on any atom is -0.452 e. The van der Waals surface area contributed by atoms with Gasteiger partial charge in [0.05, 0.1) is 11.7 Å². The van der Waals surface area contributed by atoms with Crippen molar-refractivity contribution < 1.29 is 28.6 Å². The Kier molecular flexibility index (Phi) is 9.40. The lowest BCUT2D eigenvalue weighted by molar-refractivity contribution is -0.238. The van der Waals surface area contributed by atoms with Gasteiger partial charge in [-0.2, -0.15) is 9.59 Å². The molecule has 0 saturated carbocycles. The molecule has 2 unspecified atom stereocenters. The SMILES string of the molecule is CC1O[C@@H](OC(=N)C(Cl)(Cl)Cl)C(OC(=O)c2ccccc2)[C@@H](C)[C@@H]1C.O=C=O. The van der Waals surface area contributed by atoms with Gasteiger partial charge in [-0.15, -0.1) is 0 Å². The van der Waals surface area contributed by atoms with E-state index in [9.17, 15) is 4.79 Å². The molecule has 1 saturated heterocycles. The molecule has 1 fully saturated rings. The van der Waals surface area contributed by atoms with Crippen LogP contribution in [0.4, 0.5) is 0 Å². The van der Waals surface area contributed by atoms with Crippen molar-refractivity contribution in [1.82, 2.24) is 0 Å². The smallest absolute Gasteiger partial charge is 0.373 e. The maximum atomic E-state index is 12.4. The van der Waals surface area contributed by atoms with Gasteiger partial charge in [0.25, 0.3) is 3.79 Å². The van der Waals surface area contributed by atoms with Crippen LogP contribution >= 0.6 is 34.8 Å². The zero-order valence-corrected chi connectivity index (χ0v) is 17.6. The minimum absolute atomic E-state index is 0.0791. The van der Waals surface area contributed by atoms with Gasteiger partial charge in [-0.05, 0) is 25.0 Å². The lowest BCUT2D eigenvalue weighted by Gasteiger charge is -2.42. The van der Waals surface area contributed by atoms with E-state index in [-0.39, 0.29) is 24.1 Å². The summed E-state index contributed by atoms with van der Waals surface area (Å²) in [6.45, 7) is 5.81. The fourth-order valence-corrected chi connectivity index (χ4v) is 2.73. The van der Waals surface area contributed by atoms with Crippen molar-refractivity contribution in [1.29, 1.82) is 5.41 Å². The molecule has 0 radical (unpaired) electrons. The van der Waals surface area contributed by atoms with Gasteiger partial charge in [0, 0.05) is 5.92 Å². The standard InChI is InChI=1S/C17H20Cl3NO4.CO2/c1-9-10(2)13(24-14(22)12-7-5-4-6-8-12)15(23-11(9)3)25-16(21)17(18,19)20;2-1-3/h4-11,13,15,21H,1-3H3;/t9-,10-,11?,13?,15-;/m0./s1. The van der Waals surface area contributed by atoms with E-state index in [1.807, 2.05) is 20.8 Å². The second-order valence-electron chi connectivity index (χ2n) is 6.19. The van der Waals surface area contributed by atoms with E-state index in [2.05, 4.69) is 0 Å². The highest BCUT2D eigenvalue weighted by molar-refractivity contribution is 6.76. The van der Waals surface area contributed by atoms with Crippen molar-refractivity contribution in [2.24, 2.45) is 11.8 Å². The molecule has 1 aromatic rings. The monoisotopic (exact) mass is 451 g/mol. The number of carbonyl (C=O) groups excluding carboxylic acids is 3. The van der Waals surface area contributed by atoms with Crippen LogP contribution in [0.15, 0.2) is 30.3 Å². The van der Waals surface area contributed by atoms with E-state index in [1.54, 1.807) is 30.3 Å². The van der Waals surface area contributed by atoms with Gasteiger partial charge in [0.1, 0.15) is 0 Å². The number of esters is 1. The molecule has 1 heterocycles. The molecule has 7 nitrogen and oxygen atoms in total. The van der Waals surface area contributed by atoms with Crippen LogP contribution in [0.3, 0.4) is 0 Å². The van der Waals surface area contributed by atoms with Gasteiger partial charge < -0.3 is 14.2 Å². The molecule has 0 aliphatic carbocycles. The predicted molar refractivity (Wildman–Crippen MR) is 102 cm³/mol. The Labute approximate surface area is 177 Å². The van der Waals surface area contributed by atoms with Crippen molar-refractivity contribution in [3.8, 4) is 0 Å². The summed E-state index contributed by atoms with van der Waals surface area (Å²) in [6, 6.07) is 8.61. The van der Waals surface area contributed by atoms with Crippen LogP contribution in [0.1, 0.15) is 31.1 Å². The first-order valence-corrected chi connectivity index (χ1v) is 9.39. The number of ether oxygens (including phenoxy) is 3. The maximum absolute atomic E-state index is 12.4. The molecule has 0 bridgehead atoms. The first-order valence-electron chi connectivity index (χ1n) is 8.26. The molecule has 1 aromatic carbocycles. The minimum atomic E-state index is -2.02. The number of hydrogen-bond acceptors (Lipinski definition) is 7. The number of hydrogen-bond donors (Lipinski definition) is 1. The van der Waals surface area contributed by atoms with Crippen molar-refractivity contribution in [2.75, 3.05) is 0 Å². The molecule has 1 aliphatic rings. The van der Waals surface area contributed by atoms with E-state index in [0.717, 1.165) is 0 Å². The van der Waals surface area contributed by atoms with Gasteiger partial charge in [0.2, 0.25) is 12.2 Å². The van der Waals surface area contributed by atoms with Crippen LogP contribution in [0, 0.1) is 17.2 Å². The third kappa shape index (κ3) is 6.76. The zero-order chi connectivity index (χ0) is 21.5. The van der Waals surface area contributed by atoms with Crippen LogP contribution in [0.2, 0.25) is 0 Å². The highest BCUT2D eigenvalue weighted by Gasteiger charge is 2.45.